The summed E-state index contributed by atoms with van der Waals surface area (Å²) in [6.45, 7) is 13.3. The Kier molecular flexibility index (Phi) is 3.35. The lowest BCUT2D eigenvalue weighted by Gasteiger charge is -2.30. The summed E-state index contributed by atoms with van der Waals surface area (Å²) in [5, 5.41) is 0. The van der Waals surface area contributed by atoms with Gasteiger partial charge < -0.3 is 0 Å². The van der Waals surface area contributed by atoms with Crippen molar-refractivity contribution in [2.24, 2.45) is 11.8 Å². The summed E-state index contributed by atoms with van der Waals surface area (Å²) in [5.41, 5.74) is 4.50. The molecule has 1 rings (SSSR count). The van der Waals surface area contributed by atoms with Crippen LogP contribution in [0.15, 0.2) is 23.3 Å². The van der Waals surface area contributed by atoms with Crippen molar-refractivity contribution in [3.63, 3.8) is 0 Å². The molecule has 0 heteroatoms. The maximum atomic E-state index is 4.17. The smallest absolute Gasteiger partial charge is 0.0248 e. The standard InChI is InChI=1S/C13H22/c1-6-12-8-13(9(2)3)7-10(4)11(12)5/h9,13H,4,6-8H2,1-3,5H3. The molecule has 1 aliphatic rings. The normalized spacial score (nSPS) is 24.4. The van der Waals surface area contributed by atoms with E-state index in [1.807, 2.05) is 0 Å². The summed E-state index contributed by atoms with van der Waals surface area (Å²) in [4.78, 5) is 0. The van der Waals surface area contributed by atoms with E-state index in [1.54, 1.807) is 5.57 Å². The van der Waals surface area contributed by atoms with Crippen LogP contribution in [0.3, 0.4) is 0 Å². The zero-order chi connectivity index (χ0) is 10.0. The Morgan fingerprint density at radius 2 is 2.00 bits per heavy atom. The summed E-state index contributed by atoms with van der Waals surface area (Å²) in [5.74, 6) is 1.64. The van der Waals surface area contributed by atoms with E-state index in [-0.39, 0.29) is 0 Å². The van der Waals surface area contributed by atoms with Gasteiger partial charge in [0.05, 0.1) is 0 Å². The van der Waals surface area contributed by atoms with E-state index in [1.165, 1.54) is 30.4 Å². The lowest BCUT2D eigenvalue weighted by atomic mass is 9.76. The maximum Gasteiger partial charge on any atom is -0.0248 e. The number of rotatable bonds is 2. The molecule has 0 nitrogen and oxygen atoms in total. The first-order valence-corrected chi connectivity index (χ1v) is 5.43. The van der Waals surface area contributed by atoms with Crippen molar-refractivity contribution in [3.05, 3.63) is 23.3 Å². The van der Waals surface area contributed by atoms with Crippen LogP contribution < -0.4 is 0 Å². The highest BCUT2D eigenvalue weighted by Crippen LogP contribution is 2.37. The molecule has 0 saturated carbocycles. The van der Waals surface area contributed by atoms with Crippen LogP contribution in [0.4, 0.5) is 0 Å². The van der Waals surface area contributed by atoms with Gasteiger partial charge in [-0.2, -0.15) is 0 Å². The predicted molar refractivity (Wildman–Crippen MR) is 59.7 cm³/mol. The molecule has 0 aromatic carbocycles. The minimum Gasteiger partial charge on any atom is -0.0956 e. The lowest BCUT2D eigenvalue weighted by Crippen LogP contribution is -2.16. The molecule has 0 heterocycles. The Morgan fingerprint density at radius 3 is 2.46 bits per heavy atom. The fourth-order valence-corrected chi connectivity index (χ4v) is 2.14. The van der Waals surface area contributed by atoms with Crippen LogP contribution in [0.2, 0.25) is 0 Å². The predicted octanol–water partition coefficient (Wildman–Crippen LogP) is 4.34. The molecule has 0 aliphatic heterocycles. The zero-order valence-electron chi connectivity index (χ0n) is 9.48. The third kappa shape index (κ3) is 2.24. The highest BCUT2D eigenvalue weighted by Gasteiger charge is 2.22. The summed E-state index contributed by atoms with van der Waals surface area (Å²) in [7, 11) is 0. The molecule has 0 N–H and O–H groups in total. The largest absolute Gasteiger partial charge is 0.0956 e. The van der Waals surface area contributed by atoms with Crippen molar-refractivity contribution in [1.82, 2.24) is 0 Å². The Bertz CT molecular complexity index is 230. The second-order valence-corrected chi connectivity index (χ2v) is 4.60. The Labute approximate surface area is 82.7 Å². The molecule has 13 heavy (non-hydrogen) atoms. The molecule has 0 saturated heterocycles. The monoisotopic (exact) mass is 178 g/mol. The van der Waals surface area contributed by atoms with Gasteiger partial charge in [-0.25, -0.2) is 0 Å². The van der Waals surface area contributed by atoms with Gasteiger partial charge >= 0.3 is 0 Å². The molecule has 0 radical (unpaired) electrons. The van der Waals surface area contributed by atoms with Crippen LogP contribution in [0, 0.1) is 11.8 Å². The van der Waals surface area contributed by atoms with Gasteiger partial charge in [-0.1, -0.05) is 38.5 Å². The van der Waals surface area contributed by atoms with E-state index >= 15 is 0 Å². The van der Waals surface area contributed by atoms with Gasteiger partial charge in [-0.15, -0.1) is 0 Å². The number of hydrogen-bond acceptors (Lipinski definition) is 0. The Morgan fingerprint density at radius 1 is 1.38 bits per heavy atom. The van der Waals surface area contributed by atoms with Crippen LogP contribution in [0.25, 0.3) is 0 Å². The van der Waals surface area contributed by atoms with Crippen LogP contribution in [0.1, 0.15) is 47.0 Å². The average molecular weight is 178 g/mol. The summed E-state index contributed by atoms with van der Waals surface area (Å²) in [6, 6.07) is 0. The Balaban J connectivity index is 2.82. The molecule has 0 bridgehead atoms. The molecule has 1 unspecified atom stereocenters. The lowest BCUT2D eigenvalue weighted by molar-refractivity contribution is 0.366. The van der Waals surface area contributed by atoms with E-state index in [4.69, 9.17) is 0 Å². The fourth-order valence-electron chi connectivity index (χ4n) is 2.14. The quantitative estimate of drug-likeness (QED) is 0.590. The zero-order valence-corrected chi connectivity index (χ0v) is 9.48. The highest BCUT2D eigenvalue weighted by molar-refractivity contribution is 5.35. The molecule has 0 fully saturated rings. The first-order valence-electron chi connectivity index (χ1n) is 5.43. The minimum atomic E-state index is 0.798. The third-order valence-electron chi connectivity index (χ3n) is 3.45. The molecular weight excluding hydrogens is 156 g/mol. The number of hydrogen-bond donors (Lipinski definition) is 0. The van der Waals surface area contributed by atoms with Crippen molar-refractivity contribution in [2.75, 3.05) is 0 Å². The van der Waals surface area contributed by atoms with Gasteiger partial charge in [0.25, 0.3) is 0 Å². The second kappa shape index (κ2) is 4.13. The highest BCUT2D eigenvalue weighted by atomic mass is 14.3. The van der Waals surface area contributed by atoms with Crippen molar-refractivity contribution in [2.45, 2.75) is 47.0 Å². The van der Waals surface area contributed by atoms with Crippen LogP contribution in [-0.4, -0.2) is 0 Å². The van der Waals surface area contributed by atoms with E-state index in [9.17, 15) is 0 Å². The van der Waals surface area contributed by atoms with Gasteiger partial charge in [0, 0.05) is 0 Å². The molecular formula is C13H22. The summed E-state index contributed by atoms with van der Waals surface area (Å²) >= 11 is 0. The van der Waals surface area contributed by atoms with Crippen molar-refractivity contribution in [1.29, 1.82) is 0 Å². The molecule has 0 amide bonds. The number of allylic oxidation sites excluding steroid dienone is 3. The van der Waals surface area contributed by atoms with E-state index in [2.05, 4.69) is 34.3 Å². The van der Waals surface area contributed by atoms with Gasteiger partial charge in [-0.3, -0.25) is 0 Å². The van der Waals surface area contributed by atoms with E-state index < -0.39 is 0 Å². The molecule has 74 valence electrons. The first kappa shape index (κ1) is 10.6. The molecule has 1 atom stereocenters. The minimum absolute atomic E-state index is 0.798. The van der Waals surface area contributed by atoms with Crippen molar-refractivity contribution in [3.8, 4) is 0 Å². The van der Waals surface area contributed by atoms with E-state index in [0.717, 1.165) is 11.8 Å². The fraction of sp³-hybridized carbons (Fsp3) is 0.692. The topological polar surface area (TPSA) is 0 Å². The van der Waals surface area contributed by atoms with Gasteiger partial charge in [-0.05, 0) is 43.6 Å². The van der Waals surface area contributed by atoms with Crippen LogP contribution in [-0.2, 0) is 0 Å². The SMILES string of the molecule is C=C1CC(C(C)C)CC(CC)=C1C. The third-order valence-corrected chi connectivity index (χ3v) is 3.45. The van der Waals surface area contributed by atoms with Gasteiger partial charge in [0.2, 0.25) is 0 Å². The van der Waals surface area contributed by atoms with Crippen LogP contribution >= 0.6 is 0 Å². The summed E-state index contributed by atoms with van der Waals surface area (Å²) < 4.78 is 0. The van der Waals surface area contributed by atoms with Crippen LogP contribution in [0.5, 0.6) is 0 Å². The second-order valence-electron chi connectivity index (χ2n) is 4.60. The van der Waals surface area contributed by atoms with Crippen molar-refractivity contribution >= 4 is 0 Å². The Hall–Kier alpha value is -0.520. The first-order chi connectivity index (χ1) is 6.06. The summed E-state index contributed by atoms with van der Waals surface area (Å²) in [6.07, 6.45) is 3.72. The molecule has 0 spiro atoms. The van der Waals surface area contributed by atoms with Gasteiger partial charge in [0.15, 0.2) is 0 Å². The van der Waals surface area contributed by atoms with Gasteiger partial charge in [0.1, 0.15) is 0 Å². The average Bonchev–Trinajstić information content (AvgIpc) is 2.09. The van der Waals surface area contributed by atoms with Crippen molar-refractivity contribution < 1.29 is 0 Å². The molecule has 0 aromatic heterocycles. The molecule has 0 aromatic rings. The molecule has 1 aliphatic carbocycles. The maximum absolute atomic E-state index is 4.17. The van der Waals surface area contributed by atoms with E-state index in [0.29, 0.717) is 0 Å².